The van der Waals surface area contributed by atoms with Gasteiger partial charge in [-0.15, -0.1) is 0 Å². The predicted molar refractivity (Wildman–Crippen MR) is 145 cm³/mol. The summed E-state index contributed by atoms with van der Waals surface area (Å²) in [6.45, 7) is 1.56. The second-order valence-corrected chi connectivity index (χ2v) is 9.21. The molecule has 6 aromatic rings. The van der Waals surface area contributed by atoms with Crippen LogP contribution in [0.15, 0.2) is 73.4 Å². The Hall–Kier alpha value is -4.63. The van der Waals surface area contributed by atoms with Gasteiger partial charge in [0, 0.05) is 59.3 Å². The highest BCUT2D eigenvalue weighted by atomic mass is 19.1. The van der Waals surface area contributed by atoms with Gasteiger partial charge in [0.05, 0.1) is 34.8 Å². The number of H-pyrrole nitrogens is 2. The van der Waals surface area contributed by atoms with E-state index in [0.29, 0.717) is 0 Å². The first-order valence-corrected chi connectivity index (χ1v) is 12.0. The summed E-state index contributed by atoms with van der Waals surface area (Å²) in [4.78, 5) is 18.6. The number of likely N-dealkylation sites (N-methyl/N-ethyl adjacent to an activating group) is 1. The number of aromatic nitrogens is 6. The fourth-order valence-corrected chi connectivity index (χ4v) is 4.48. The van der Waals surface area contributed by atoms with E-state index >= 15 is 0 Å². The average Bonchev–Trinajstić information content (AvgIpc) is 3.52. The first kappa shape index (κ1) is 22.8. The molecule has 3 N–H and O–H groups in total. The summed E-state index contributed by atoms with van der Waals surface area (Å²) in [5, 5.41) is 12.8. The van der Waals surface area contributed by atoms with Gasteiger partial charge in [-0.25, -0.2) is 4.39 Å². The lowest BCUT2D eigenvalue weighted by Gasteiger charge is -2.13. The minimum atomic E-state index is -0.299. The van der Waals surface area contributed by atoms with Gasteiger partial charge in [0.2, 0.25) is 0 Å². The molecular formula is C28H25FN8. The highest BCUT2D eigenvalue weighted by molar-refractivity contribution is 6.01. The van der Waals surface area contributed by atoms with Crippen LogP contribution in [0.25, 0.3) is 55.6 Å². The molecule has 9 heteroatoms. The van der Waals surface area contributed by atoms with Gasteiger partial charge < -0.3 is 15.2 Å². The Morgan fingerprint density at radius 3 is 2.59 bits per heavy atom. The summed E-state index contributed by atoms with van der Waals surface area (Å²) in [7, 11) is 4.02. The zero-order valence-electron chi connectivity index (χ0n) is 20.5. The van der Waals surface area contributed by atoms with Crippen LogP contribution in [0.5, 0.6) is 0 Å². The first-order chi connectivity index (χ1) is 18.0. The molecule has 0 saturated heterocycles. The van der Waals surface area contributed by atoms with Crippen molar-refractivity contribution in [2.45, 2.75) is 0 Å². The molecule has 0 saturated carbocycles. The summed E-state index contributed by atoms with van der Waals surface area (Å²) in [6, 6.07) is 12.9. The molecule has 0 fully saturated rings. The minimum absolute atomic E-state index is 0.299. The number of rotatable bonds is 7. The standard InChI is InChI=1S/C28H25FN8/c1-37(2)8-7-32-20-10-18(9-19(29)11-20)23-14-31-15-26-21(23)12-25(34-26)28-22-13-24(17-3-5-30-6-4-17)33-16-27(22)35-36-28/h3-6,9-16,32,34H,7-8H2,1-2H3,(H,35,36). The summed E-state index contributed by atoms with van der Waals surface area (Å²) < 4.78 is 14.6. The molecule has 0 aliphatic carbocycles. The quantitative estimate of drug-likeness (QED) is 0.278. The van der Waals surface area contributed by atoms with Crippen LogP contribution in [0.1, 0.15) is 0 Å². The van der Waals surface area contributed by atoms with Crippen molar-refractivity contribution in [1.82, 2.24) is 35.0 Å². The summed E-state index contributed by atoms with van der Waals surface area (Å²) in [5.41, 5.74) is 7.45. The Balaban J connectivity index is 1.41. The van der Waals surface area contributed by atoms with E-state index < -0.39 is 0 Å². The number of fused-ring (bicyclic) bond motifs is 2. The van der Waals surface area contributed by atoms with Crippen LogP contribution >= 0.6 is 0 Å². The Bertz CT molecular complexity index is 1700. The fraction of sp³-hybridized carbons (Fsp3) is 0.143. The molecule has 0 aliphatic rings. The van der Waals surface area contributed by atoms with E-state index in [2.05, 4.69) is 40.3 Å². The lowest BCUT2D eigenvalue weighted by Crippen LogP contribution is -2.20. The van der Waals surface area contributed by atoms with Crippen LogP contribution in [-0.4, -0.2) is 62.2 Å². The topological polar surface area (TPSA) is 98.4 Å². The molecule has 0 spiro atoms. The molecule has 8 nitrogen and oxygen atoms in total. The van der Waals surface area contributed by atoms with Crippen LogP contribution in [-0.2, 0) is 0 Å². The van der Waals surface area contributed by atoms with Crippen molar-refractivity contribution in [1.29, 1.82) is 0 Å². The van der Waals surface area contributed by atoms with Crippen molar-refractivity contribution >= 4 is 27.5 Å². The van der Waals surface area contributed by atoms with Crippen LogP contribution in [0.3, 0.4) is 0 Å². The monoisotopic (exact) mass is 492 g/mol. The van der Waals surface area contributed by atoms with Gasteiger partial charge in [0.15, 0.2) is 0 Å². The first-order valence-electron chi connectivity index (χ1n) is 12.0. The van der Waals surface area contributed by atoms with Crippen molar-refractivity contribution in [2.75, 3.05) is 32.5 Å². The average molecular weight is 493 g/mol. The van der Waals surface area contributed by atoms with Crippen LogP contribution in [0.4, 0.5) is 10.1 Å². The van der Waals surface area contributed by atoms with Gasteiger partial charge >= 0.3 is 0 Å². The van der Waals surface area contributed by atoms with E-state index in [1.165, 1.54) is 12.1 Å². The van der Waals surface area contributed by atoms with E-state index in [1.54, 1.807) is 31.0 Å². The molecule has 0 bridgehead atoms. The lowest BCUT2D eigenvalue weighted by molar-refractivity contribution is 0.425. The summed E-state index contributed by atoms with van der Waals surface area (Å²) in [6.07, 6.45) is 8.83. The largest absolute Gasteiger partial charge is 0.384 e. The number of halogens is 1. The van der Waals surface area contributed by atoms with Gasteiger partial charge in [-0.1, -0.05) is 0 Å². The summed E-state index contributed by atoms with van der Waals surface area (Å²) >= 11 is 0. The fourth-order valence-electron chi connectivity index (χ4n) is 4.48. The van der Waals surface area contributed by atoms with Crippen LogP contribution in [0, 0.1) is 5.82 Å². The molecule has 37 heavy (non-hydrogen) atoms. The van der Waals surface area contributed by atoms with E-state index in [1.807, 2.05) is 44.4 Å². The van der Waals surface area contributed by atoms with Gasteiger partial charge in [0.1, 0.15) is 11.5 Å². The predicted octanol–water partition coefficient (Wildman–Crippen LogP) is 5.34. The Morgan fingerprint density at radius 2 is 1.76 bits per heavy atom. The van der Waals surface area contributed by atoms with Crippen LogP contribution < -0.4 is 5.32 Å². The number of benzene rings is 1. The van der Waals surface area contributed by atoms with E-state index in [9.17, 15) is 4.39 Å². The van der Waals surface area contributed by atoms with Crippen molar-refractivity contribution in [2.24, 2.45) is 0 Å². The Kier molecular flexibility index (Phi) is 5.82. The molecule has 5 heterocycles. The lowest BCUT2D eigenvalue weighted by atomic mass is 10.0. The SMILES string of the molecule is CN(C)CCNc1cc(F)cc(-c2cncc3[nH]c(-c4n[nH]c5cnc(-c6ccncc6)cc45)cc23)c1. The van der Waals surface area contributed by atoms with Crippen molar-refractivity contribution in [3.8, 4) is 33.8 Å². The maximum absolute atomic E-state index is 14.6. The van der Waals surface area contributed by atoms with E-state index in [0.717, 1.165) is 74.4 Å². The number of hydrogen-bond donors (Lipinski definition) is 3. The number of aromatic amines is 2. The maximum atomic E-state index is 14.6. The van der Waals surface area contributed by atoms with Crippen molar-refractivity contribution in [3.05, 3.63) is 79.3 Å². The number of nitrogens with zero attached hydrogens (tertiary/aromatic N) is 5. The highest BCUT2D eigenvalue weighted by Gasteiger charge is 2.16. The molecule has 0 unspecified atom stereocenters. The third-order valence-electron chi connectivity index (χ3n) is 6.32. The minimum Gasteiger partial charge on any atom is -0.384 e. The molecule has 6 rings (SSSR count). The molecule has 0 atom stereocenters. The Morgan fingerprint density at radius 1 is 0.892 bits per heavy atom. The molecule has 0 amide bonds. The molecule has 0 radical (unpaired) electrons. The smallest absolute Gasteiger partial charge is 0.125 e. The number of anilines is 1. The Labute approximate surface area is 212 Å². The summed E-state index contributed by atoms with van der Waals surface area (Å²) in [5.74, 6) is -0.299. The molecule has 0 aliphatic heterocycles. The number of pyridine rings is 3. The number of nitrogens with one attached hydrogen (secondary N) is 3. The normalized spacial score (nSPS) is 11.6. The third kappa shape index (κ3) is 4.52. The van der Waals surface area contributed by atoms with Crippen molar-refractivity contribution in [3.63, 3.8) is 0 Å². The zero-order chi connectivity index (χ0) is 25.4. The van der Waals surface area contributed by atoms with E-state index in [4.69, 9.17) is 0 Å². The van der Waals surface area contributed by atoms with Crippen molar-refractivity contribution < 1.29 is 4.39 Å². The van der Waals surface area contributed by atoms with Gasteiger partial charge in [0.25, 0.3) is 0 Å². The van der Waals surface area contributed by atoms with Gasteiger partial charge in [-0.3, -0.25) is 20.1 Å². The second-order valence-electron chi connectivity index (χ2n) is 9.21. The van der Waals surface area contributed by atoms with Crippen LogP contribution in [0.2, 0.25) is 0 Å². The maximum Gasteiger partial charge on any atom is 0.125 e. The molecule has 184 valence electrons. The van der Waals surface area contributed by atoms with Gasteiger partial charge in [-0.05, 0) is 62.1 Å². The third-order valence-corrected chi connectivity index (χ3v) is 6.32. The molecule has 1 aromatic carbocycles. The highest BCUT2D eigenvalue weighted by Crippen LogP contribution is 2.35. The molecule has 5 aromatic heterocycles. The zero-order valence-corrected chi connectivity index (χ0v) is 20.5. The van der Waals surface area contributed by atoms with Gasteiger partial charge in [-0.2, -0.15) is 5.10 Å². The second kappa shape index (κ2) is 9.44. The van der Waals surface area contributed by atoms with E-state index in [-0.39, 0.29) is 5.82 Å². The number of hydrogen-bond acceptors (Lipinski definition) is 6. The molecular weight excluding hydrogens is 467 g/mol.